The Kier molecular flexibility index (Phi) is 5.23. The molecule has 1 saturated heterocycles. The highest BCUT2D eigenvalue weighted by atomic mass is 32.1. The molecule has 1 aliphatic heterocycles. The molecule has 0 N–H and O–H groups in total. The molecule has 26 heavy (non-hydrogen) atoms. The van der Waals surface area contributed by atoms with E-state index in [1.165, 1.54) is 34.8 Å². The van der Waals surface area contributed by atoms with Gasteiger partial charge in [0.15, 0.2) is 0 Å². The van der Waals surface area contributed by atoms with Gasteiger partial charge in [0.05, 0.1) is 24.3 Å². The van der Waals surface area contributed by atoms with Gasteiger partial charge in [0.1, 0.15) is 5.01 Å². The molecule has 2 aromatic heterocycles. The highest BCUT2D eigenvalue weighted by Gasteiger charge is 2.22. The van der Waals surface area contributed by atoms with Crippen LogP contribution in [0.3, 0.4) is 0 Å². The Morgan fingerprint density at radius 3 is 2.77 bits per heavy atom. The molecule has 0 spiro atoms. The van der Waals surface area contributed by atoms with E-state index in [1.54, 1.807) is 17.0 Å². The van der Waals surface area contributed by atoms with Gasteiger partial charge in [0, 0.05) is 17.5 Å². The molecular formula is C20H28N4OS. The van der Waals surface area contributed by atoms with Crippen molar-refractivity contribution in [1.29, 1.82) is 0 Å². The lowest BCUT2D eigenvalue weighted by molar-refractivity contribution is 0.166. The van der Waals surface area contributed by atoms with Crippen LogP contribution in [0.25, 0.3) is 0 Å². The smallest absolute Gasteiger partial charge is 0.253 e. The van der Waals surface area contributed by atoms with Gasteiger partial charge >= 0.3 is 0 Å². The van der Waals surface area contributed by atoms with Crippen LogP contribution in [-0.2, 0) is 25.9 Å². The lowest BCUT2D eigenvalue weighted by atomic mass is 9.96. The van der Waals surface area contributed by atoms with E-state index in [-0.39, 0.29) is 5.56 Å². The van der Waals surface area contributed by atoms with Gasteiger partial charge in [-0.2, -0.15) is 0 Å². The quantitative estimate of drug-likeness (QED) is 0.809. The SMILES string of the molecule is CC(C)c1cc(=O)n(CC2CCN(Cc3nc4c(s3)CCC4)CC2)cn1. The normalized spacial score (nSPS) is 18.6. The van der Waals surface area contributed by atoms with E-state index in [4.69, 9.17) is 4.98 Å². The predicted octanol–water partition coefficient (Wildman–Crippen LogP) is 3.22. The van der Waals surface area contributed by atoms with E-state index in [2.05, 4.69) is 23.7 Å². The minimum absolute atomic E-state index is 0.0865. The summed E-state index contributed by atoms with van der Waals surface area (Å²) in [6, 6.07) is 1.70. The van der Waals surface area contributed by atoms with Gasteiger partial charge in [0.25, 0.3) is 5.56 Å². The van der Waals surface area contributed by atoms with Crippen molar-refractivity contribution in [2.75, 3.05) is 13.1 Å². The zero-order chi connectivity index (χ0) is 18.1. The number of likely N-dealkylation sites (tertiary alicyclic amines) is 1. The molecular weight excluding hydrogens is 344 g/mol. The number of aromatic nitrogens is 3. The first kappa shape index (κ1) is 17.9. The van der Waals surface area contributed by atoms with E-state index in [0.717, 1.165) is 44.7 Å². The van der Waals surface area contributed by atoms with Gasteiger partial charge in [-0.25, -0.2) is 9.97 Å². The molecule has 140 valence electrons. The van der Waals surface area contributed by atoms with Crippen LogP contribution in [0.4, 0.5) is 0 Å². The summed E-state index contributed by atoms with van der Waals surface area (Å²) in [5.41, 5.74) is 2.33. The molecule has 0 bridgehead atoms. The Hall–Kier alpha value is -1.53. The standard InChI is InChI=1S/C20H28N4OS/c1-14(2)17-10-20(25)24(13-21-17)11-15-6-8-23(9-7-15)12-19-22-16-4-3-5-18(16)26-19/h10,13-15H,3-9,11-12H2,1-2H3. The van der Waals surface area contributed by atoms with Crippen LogP contribution in [0.15, 0.2) is 17.2 Å². The molecule has 0 saturated carbocycles. The fraction of sp³-hybridized carbons (Fsp3) is 0.650. The molecule has 2 aromatic rings. The summed E-state index contributed by atoms with van der Waals surface area (Å²) in [7, 11) is 0. The fourth-order valence-electron chi connectivity index (χ4n) is 4.00. The summed E-state index contributed by atoms with van der Waals surface area (Å²) in [6.07, 6.45) is 7.71. The molecule has 2 aliphatic rings. The fourth-order valence-corrected chi connectivity index (χ4v) is 5.20. The van der Waals surface area contributed by atoms with E-state index in [0.29, 0.717) is 11.8 Å². The molecule has 6 heteroatoms. The first-order valence-corrected chi connectivity index (χ1v) is 10.7. The number of aryl methyl sites for hydroxylation is 2. The second-order valence-corrected chi connectivity index (χ2v) is 9.18. The maximum absolute atomic E-state index is 12.3. The first-order valence-electron chi connectivity index (χ1n) is 9.84. The summed E-state index contributed by atoms with van der Waals surface area (Å²) in [6.45, 7) is 8.12. The molecule has 4 rings (SSSR count). The van der Waals surface area contributed by atoms with E-state index < -0.39 is 0 Å². The molecule has 1 aliphatic carbocycles. The first-order chi connectivity index (χ1) is 12.6. The van der Waals surface area contributed by atoms with Crippen LogP contribution in [0.1, 0.15) is 60.3 Å². The lowest BCUT2D eigenvalue weighted by Crippen LogP contribution is -2.36. The Bertz CT molecular complexity index is 796. The van der Waals surface area contributed by atoms with Crippen LogP contribution in [0.5, 0.6) is 0 Å². The molecule has 3 heterocycles. The van der Waals surface area contributed by atoms with Crippen molar-refractivity contribution in [2.24, 2.45) is 5.92 Å². The molecule has 0 aromatic carbocycles. The van der Waals surface area contributed by atoms with Crippen LogP contribution < -0.4 is 5.56 Å². The third-order valence-electron chi connectivity index (χ3n) is 5.65. The monoisotopic (exact) mass is 372 g/mol. The van der Waals surface area contributed by atoms with Crippen LogP contribution in [0, 0.1) is 5.92 Å². The van der Waals surface area contributed by atoms with Crippen molar-refractivity contribution in [3.8, 4) is 0 Å². The summed E-state index contributed by atoms with van der Waals surface area (Å²) in [4.78, 5) is 25.6. The molecule has 5 nitrogen and oxygen atoms in total. The minimum Gasteiger partial charge on any atom is -0.299 e. The number of piperidine rings is 1. The lowest BCUT2D eigenvalue weighted by Gasteiger charge is -2.31. The van der Waals surface area contributed by atoms with Gasteiger partial charge in [-0.15, -0.1) is 11.3 Å². The van der Waals surface area contributed by atoms with Crippen molar-refractivity contribution in [2.45, 2.75) is 65.0 Å². The maximum Gasteiger partial charge on any atom is 0.253 e. The third-order valence-corrected chi connectivity index (χ3v) is 6.80. The van der Waals surface area contributed by atoms with Crippen molar-refractivity contribution < 1.29 is 0 Å². The molecule has 0 amide bonds. The summed E-state index contributed by atoms with van der Waals surface area (Å²) in [5, 5.41) is 1.29. The Morgan fingerprint density at radius 2 is 2.08 bits per heavy atom. The van der Waals surface area contributed by atoms with Gasteiger partial charge in [-0.1, -0.05) is 13.8 Å². The van der Waals surface area contributed by atoms with Gasteiger partial charge in [-0.05, 0) is 57.0 Å². The van der Waals surface area contributed by atoms with E-state index in [9.17, 15) is 4.79 Å². The van der Waals surface area contributed by atoms with Gasteiger partial charge < -0.3 is 0 Å². The van der Waals surface area contributed by atoms with E-state index in [1.807, 2.05) is 11.3 Å². The average molecular weight is 373 g/mol. The van der Waals surface area contributed by atoms with Gasteiger partial charge in [-0.3, -0.25) is 14.3 Å². The molecule has 1 fully saturated rings. The number of hydrogen-bond donors (Lipinski definition) is 0. The zero-order valence-corrected chi connectivity index (χ0v) is 16.6. The largest absolute Gasteiger partial charge is 0.299 e. The predicted molar refractivity (Wildman–Crippen MR) is 105 cm³/mol. The van der Waals surface area contributed by atoms with Crippen LogP contribution in [0.2, 0.25) is 0 Å². The highest BCUT2D eigenvalue weighted by molar-refractivity contribution is 7.11. The second kappa shape index (κ2) is 7.61. The Balaban J connectivity index is 1.30. The van der Waals surface area contributed by atoms with E-state index >= 15 is 0 Å². The van der Waals surface area contributed by atoms with Crippen molar-refractivity contribution in [1.82, 2.24) is 19.4 Å². The molecule has 0 atom stereocenters. The Labute approximate surface area is 159 Å². The number of fused-ring (bicyclic) bond motifs is 1. The topological polar surface area (TPSA) is 51.0 Å². The third kappa shape index (κ3) is 3.91. The second-order valence-electron chi connectivity index (χ2n) is 8.01. The van der Waals surface area contributed by atoms with Crippen molar-refractivity contribution in [3.63, 3.8) is 0 Å². The minimum atomic E-state index is 0.0865. The molecule has 0 unspecified atom stereocenters. The average Bonchev–Trinajstić information content (AvgIpc) is 3.19. The molecule has 0 radical (unpaired) electrons. The van der Waals surface area contributed by atoms with Gasteiger partial charge in [0.2, 0.25) is 0 Å². The van der Waals surface area contributed by atoms with Crippen molar-refractivity contribution in [3.05, 3.63) is 44.0 Å². The summed E-state index contributed by atoms with van der Waals surface area (Å²) in [5.74, 6) is 0.866. The highest BCUT2D eigenvalue weighted by Crippen LogP contribution is 2.29. The number of hydrogen-bond acceptors (Lipinski definition) is 5. The zero-order valence-electron chi connectivity index (χ0n) is 15.8. The maximum atomic E-state index is 12.3. The number of nitrogens with zero attached hydrogens (tertiary/aromatic N) is 4. The van der Waals surface area contributed by atoms with Crippen molar-refractivity contribution >= 4 is 11.3 Å². The summed E-state index contributed by atoms with van der Waals surface area (Å²) < 4.78 is 1.79. The number of thiazole rings is 1. The number of rotatable bonds is 5. The van der Waals surface area contributed by atoms with Crippen LogP contribution in [-0.4, -0.2) is 32.5 Å². The Morgan fingerprint density at radius 1 is 1.27 bits per heavy atom. The van der Waals surface area contributed by atoms with Crippen LogP contribution >= 0.6 is 11.3 Å². The summed E-state index contributed by atoms with van der Waals surface area (Å²) >= 11 is 1.92.